The standard InChI is InChI=1S/C25H30N6O3/c1-13(2)31-24(26)22(25(27)33)23(29-31)16-6-3-14(4-7-16)11-20(32)28-21-12-19(30-34-21)18-10-15-5-8-17(18)9-15/h3-4,6-7,12-13,15,17-18H,5,8-11,26H2,1-2H3,(H2,27,33)(H,28,32). The molecule has 2 fully saturated rings. The van der Waals surface area contributed by atoms with Gasteiger partial charge in [-0.25, -0.2) is 4.68 Å². The average Bonchev–Trinajstić information content (AvgIpc) is 3.57. The number of fused-ring (bicyclic) bond motifs is 2. The van der Waals surface area contributed by atoms with E-state index in [9.17, 15) is 9.59 Å². The van der Waals surface area contributed by atoms with Crippen LogP contribution in [0.3, 0.4) is 0 Å². The molecule has 3 unspecified atom stereocenters. The van der Waals surface area contributed by atoms with E-state index in [1.165, 1.54) is 25.7 Å². The Morgan fingerprint density at radius 2 is 1.97 bits per heavy atom. The topological polar surface area (TPSA) is 142 Å². The Hall–Kier alpha value is -3.62. The number of nitrogen functional groups attached to an aromatic ring is 1. The lowest BCUT2D eigenvalue weighted by atomic mass is 9.86. The van der Waals surface area contributed by atoms with Crippen LogP contribution in [0.4, 0.5) is 11.7 Å². The first-order valence-corrected chi connectivity index (χ1v) is 11.8. The number of amides is 2. The fraction of sp³-hybridized carbons (Fsp3) is 0.440. The predicted octanol–water partition coefficient (Wildman–Crippen LogP) is 3.88. The molecule has 5 N–H and O–H groups in total. The molecule has 1 aromatic carbocycles. The van der Waals surface area contributed by atoms with Gasteiger partial charge in [0.15, 0.2) is 0 Å². The van der Waals surface area contributed by atoms with Crippen LogP contribution >= 0.6 is 0 Å². The van der Waals surface area contributed by atoms with Gasteiger partial charge in [-0.2, -0.15) is 5.10 Å². The molecule has 3 aromatic rings. The highest BCUT2D eigenvalue weighted by molar-refractivity contribution is 6.03. The number of rotatable bonds is 7. The number of benzene rings is 1. The molecule has 9 nitrogen and oxygen atoms in total. The maximum absolute atomic E-state index is 12.6. The highest BCUT2D eigenvalue weighted by atomic mass is 16.5. The molecule has 9 heteroatoms. The molecule has 3 atom stereocenters. The highest BCUT2D eigenvalue weighted by Crippen LogP contribution is 2.52. The Kier molecular flexibility index (Phi) is 5.63. The Labute approximate surface area is 197 Å². The maximum atomic E-state index is 12.6. The molecule has 2 saturated carbocycles. The van der Waals surface area contributed by atoms with E-state index in [1.807, 2.05) is 44.2 Å². The third kappa shape index (κ3) is 4.06. The molecule has 0 spiro atoms. The molecule has 2 amide bonds. The second-order valence-corrected chi connectivity index (χ2v) is 9.83. The minimum atomic E-state index is -0.625. The van der Waals surface area contributed by atoms with E-state index in [2.05, 4.69) is 15.6 Å². The minimum Gasteiger partial charge on any atom is -0.383 e. The third-order valence-corrected chi connectivity index (χ3v) is 7.18. The maximum Gasteiger partial charge on any atom is 0.254 e. The number of anilines is 2. The summed E-state index contributed by atoms with van der Waals surface area (Å²) < 4.78 is 6.97. The molecular weight excluding hydrogens is 432 g/mol. The first-order chi connectivity index (χ1) is 16.3. The molecule has 2 aliphatic rings. The Morgan fingerprint density at radius 1 is 1.21 bits per heavy atom. The van der Waals surface area contributed by atoms with Gasteiger partial charge in [0.1, 0.15) is 17.1 Å². The summed E-state index contributed by atoms with van der Waals surface area (Å²) in [5.74, 6) is 1.81. The SMILES string of the molecule is CC(C)n1nc(-c2ccc(CC(=O)Nc3cc(C4CC5CCC4C5)no3)cc2)c(C(N)=O)c1N. The largest absolute Gasteiger partial charge is 0.383 e. The summed E-state index contributed by atoms with van der Waals surface area (Å²) in [5, 5.41) is 11.5. The number of nitrogens with zero attached hydrogens (tertiary/aromatic N) is 3. The highest BCUT2D eigenvalue weighted by Gasteiger charge is 2.41. The molecule has 2 aliphatic carbocycles. The molecule has 2 aromatic heterocycles. The first-order valence-electron chi connectivity index (χ1n) is 11.8. The number of aromatic nitrogens is 3. The summed E-state index contributed by atoms with van der Waals surface area (Å²) in [5.41, 5.74) is 14.8. The lowest BCUT2D eigenvalue weighted by Gasteiger charge is -2.18. The zero-order chi connectivity index (χ0) is 24.0. The van der Waals surface area contributed by atoms with Gasteiger partial charge in [-0.05, 0) is 50.5 Å². The molecule has 0 aliphatic heterocycles. The van der Waals surface area contributed by atoms with Gasteiger partial charge < -0.3 is 16.0 Å². The van der Waals surface area contributed by atoms with Crippen LogP contribution in [0, 0.1) is 11.8 Å². The Morgan fingerprint density at radius 3 is 2.59 bits per heavy atom. The Bertz CT molecular complexity index is 1230. The lowest BCUT2D eigenvalue weighted by molar-refractivity contribution is -0.115. The molecule has 2 bridgehead atoms. The quantitative estimate of drug-likeness (QED) is 0.486. The van der Waals surface area contributed by atoms with E-state index < -0.39 is 5.91 Å². The van der Waals surface area contributed by atoms with Crippen molar-refractivity contribution in [1.82, 2.24) is 14.9 Å². The number of carbonyl (C=O) groups excluding carboxylic acids is 2. The number of nitrogens with one attached hydrogen (secondary N) is 1. The van der Waals surface area contributed by atoms with Crippen LogP contribution in [0.15, 0.2) is 34.9 Å². The second-order valence-electron chi connectivity index (χ2n) is 9.83. The Balaban J connectivity index is 1.25. The van der Waals surface area contributed by atoms with Gasteiger partial charge in [0.2, 0.25) is 11.8 Å². The number of primary amides is 1. The van der Waals surface area contributed by atoms with Gasteiger partial charge in [-0.15, -0.1) is 0 Å². The molecule has 5 rings (SSSR count). The first kappa shape index (κ1) is 22.2. The smallest absolute Gasteiger partial charge is 0.254 e. The van der Waals surface area contributed by atoms with E-state index in [1.54, 1.807) is 4.68 Å². The van der Waals surface area contributed by atoms with Crippen LogP contribution in [0.2, 0.25) is 0 Å². The van der Waals surface area contributed by atoms with Crippen molar-refractivity contribution in [2.45, 2.75) is 57.9 Å². The summed E-state index contributed by atoms with van der Waals surface area (Å²) in [7, 11) is 0. The second kappa shape index (κ2) is 8.62. The van der Waals surface area contributed by atoms with Gasteiger partial charge >= 0.3 is 0 Å². The summed E-state index contributed by atoms with van der Waals surface area (Å²) in [4.78, 5) is 24.6. The van der Waals surface area contributed by atoms with Crippen molar-refractivity contribution in [2.75, 3.05) is 11.1 Å². The molecular formula is C25H30N6O3. The molecule has 0 radical (unpaired) electrons. The summed E-state index contributed by atoms with van der Waals surface area (Å²) in [6.45, 7) is 3.85. The van der Waals surface area contributed by atoms with E-state index >= 15 is 0 Å². The van der Waals surface area contributed by atoms with Crippen molar-refractivity contribution in [2.24, 2.45) is 17.6 Å². The van der Waals surface area contributed by atoms with Crippen LogP contribution in [0.5, 0.6) is 0 Å². The molecule has 178 valence electrons. The van der Waals surface area contributed by atoms with Crippen LogP contribution in [0.25, 0.3) is 11.3 Å². The summed E-state index contributed by atoms with van der Waals surface area (Å²) in [6, 6.07) is 9.12. The molecule has 34 heavy (non-hydrogen) atoms. The average molecular weight is 463 g/mol. The zero-order valence-corrected chi connectivity index (χ0v) is 19.5. The van der Waals surface area contributed by atoms with Gasteiger partial charge in [0.25, 0.3) is 5.91 Å². The van der Waals surface area contributed by atoms with Gasteiger partial charge in [-0.3, -0.25) is 14.9 Å². The van der Waals surface area contributed by atoms with E-state index in [0.717, 1.165) is 17.2 Å². The summed E-state index contributed by atoms with van der Waals surface area (Å²) in [6.07, 6.45) is 5.25. The van der Waals surface area contributed by atoms with Crippen molar-refractivity contribution < 1.29 is 14.1 Å². The lowest BCUT2D eigenvalue weighted by Crippen LogP contribution is -2.15. The van der Waals surface area contributed by atoms with E-state index in [-0.39, 0.29) is 29.8 Å². The van der Waals surface area contributed by atoms with Gasteiger partial charge in [0, 0.05) is 23.6 Å². The normalized spacial score (nSPS) is 21.3. The number of carbonyl (C=O) groups is 2. The fourth-order valence-electron chi connectivity index (χ4n) is 5.56. The van der Waals surface area contributed by atoms with Crippen LogP contribution in [0.1, 0.15) is 73.1 Å². The van der Waals surface area contributed by atoms with Crippen molar-refractivity contribution >= 4 is 23.5 Å². The number of nitrogens with two attached hydrogens (primary N) is 2. The van der Waals surface area contributed by atoms with E-state index in [4.69, 9.17) is 16.0 Å². The van der Waals surface area contributed by atoms with Crippen molar-refractivity contribution in [1.29, 1.82) is 0 Å². The van der Waals surface area contributed by atoms with Crippen molar-refractivity contribution in [3.8, 4) is 11.3 Å². The van der Waals surface area contributed by atoms with Crippen molar-refractivity contribution in [3.63, 3.8) is 0 Å². The minimum absolute atomic E-state index is 0.0183. The van der Waals surface area contributed by atoms with Gasteiger partial charge in [-0.1, -0.05) is 35.8 Å². The third-order valence-electron chi connectivity index (χ3n) is 7.18. The van der Waals surface area contributed by atoms with Crippen LogP contribution in [-0.2, 0) is 11.2 Å². The fourth-order valence-corrected chi connectivity index (χ4v) is 5.56. The zero-order valence-electron chi connectivity index (χ0n) is 19.5. The van der Waals surface area contributed by atoms with E-state index in [0.29, 0.717) is 29.0 Å². The monoisotopic (exact) mass is 462 g/mol. The number of hydrogen-bond acceptors (Lipinski definition) is 6. The predicted molar refractivity (Wildman–Crippen MR) is 128 cm³/mol. The molecule has 2 heterocycles. The summed E-state index contributed by atoms with van der Waals surface area (Å²) >= 11 is 0. The van der Waals surface area contributed by atoms with Crippen LogP contribution < -0.4 is 16.8 Å². The van der Waals surface area contributed by atoms with Gasteiger partial charge in [0.05, 0.1) is 12.1 Å². The van der Waals surface area contributed by atoms with Crippen molar-refractivity contribution in [3.05, 3.63) is 47.2 Å². The number of hydrogen-bond donors (Lipinski definition) is 3. The van der Waals surface area contributed by atoms with Crippen LogP contribution in [-0.4, -0.2) is 26.8 Å². The molecule has 0 saturated heterocycles.